The summed E-state index contributed by atoms with van der Waals surface area (Å²) in [5, 5.41) is 12.9. The van der Waals surface area contributed by atoms with Gasteiger partial charge >= 0.3 is 5.97 Å². The smallest absolute Gasteiger partial charge is 0.308 e. The van der Waals surface area contributed by atoms with Crippen LogP contribution >= 0.6 is 11.6 Å². The Morgan fingerprint density at radius 2 is 1.78 bits per heavy atom. The molecule has 2 bridgehead atoms. The molecule has 2 atom stereocenters. The quantitative estimate of drug-likeness (QED) is 0.754. The number of hydrogen-bond donors (Lipinski definition) is 2. The first-order valence-electron chi connectivity index (χ1n) is 8.91. The number of carboxylic acid groups (broad SMARTS) is 1. The van der Waals surface area contributed by atoms with E-state index in [1.165, 1.54) is 6.07 Å². The van der Waals surface area contributed by atoms with Gasteiger partial charge in [-0.2, -0.15) is 0 Å². The van der Waals surface area contributed by atoms with Crippen molar-refractivity contribution in [2.45, 2.75) is 31.7 Å². The molecule has 1 aromatic heterocycles. The van der Waals surface area contributed by atoms with Crippen molar-refractivity contribution in [1.29, 1.82) is 0 Å². The van der Waals surface area contributed by atoms with Gasteiger partial charge in [-0.15, -0.1) is 0 Å². The largest absolute Gasteiger partial charge is 0.481 e. The summed E-state index contributed by atoms with van der Waals surface area (Å²) in [4.78, 5) is 20.0. The fraction of sp³-hybridized carbons (Fsp3) is 0.421. The summed E-state index contributed by atoms with van der Waals surface area (Å²) in [6, 6.07) is 4.82. The average Bonchev–Trinajstić information content (AvgIpc) is 2.64. The summed E-state index contributed by atoms with van der Waals surface area (Å²) >= 11 is 6.02. The number of benzene rings is 1. The number of carboxylic acids is 1. The predicted octanol–water partition coefficient (Wildman–Crippen LogP) is 4.38. The molecule has 3 aliphatic carbocycles. The van der Waals surface area contributed by atoms with Crippen LogP contribution in [0.2, 0.25) is 5.28 Å². The first kappa shape index (κ1) is 18.1. The van der Waals surface area contributed by atoms with Crippen molar-refractivity contribution in [3.8, 4) is 11.3 Å². The SMILES string of the molecule is O=C(O)C1C2CCC(CC2)C1Nc1cc(-c2ccc(F)c(F)c2)nc(Cl)n1. The third-order valence-electron chi connectivity index (χ3n) is 5.73. The zero-order valence-corrected chi connectivity index (χ0v) is 15.1. The van der Waals surface area contributed by atoms with E-state index in [4.69, 9.17) is 11.6 Å². The molecule has 2 aromatic rings. The molecule has 3 saturated carbocycles. The summed E-state index contributed by atoms with van der Waals surface area (Å²) in [7, 11) is 0. The lowest BCUT2D eigenvalue weighted by atomic mass is 9.61. The fourth-order valence-corrected chi connectivity index (χ4v) is 4.66. The van der Waals surface area contributed by atoms with Gasteiger partial charge in [0.25, 0.3) is 0 Å². The van der Waals surface area contributed by atoms with Crippen molar-refractivity contribution >= 4 is 23.4 Å². The van der Waals surface area contributed by atoms with Gasteiger partial charge in [-0.25, -0.2) is 18.7 Å². The highest BCUT2D eigenvalue weighted by molar-refractivity contribution is 6.28. The monoisotopic (exact) mass is 393 g/mol. The molecule has 27 heavy (non-hydrogen) atoms. The van der Waals surface area contributed by atoms with Gasteiger partial charge in [-0.05, 0) is 67.3 Å². The van der Waals surface area contributed by atoms with E-state index in [1.54, 1.807) is 6.07 Å². The highest BCUT2D eigenvalue weighted by Crippen LogP contribution is 2.46. The average molecular weight is 394 g/mol. The number of nitrogens with zero attached hydrogens (tertiary/aromatic N) is 2. The molecule has 1 heterocycles. The molecule has 5 rings (SSSR count). The Kier molecular flexibility index (Phi) is 4.72. The summed E-state index contributed by atoms with van der Waals surface area (Å²) in [6.45, 7) is 0. The van der Waals surface area contributed by atoms with Crippen LogP contribution in [0.15, 0.2) is 24.3 Å². The zero-order valence-electron chi connectivity index (χ0n) is 14.3. The Morgan fingerprint density at radius 3 is 2.44 bits per heavy atom. The lowest BCUT2D eigenvalue weighted by Crippen LogP contribution is -2.51. The minimum absolute atomic E-state index is 0.0485. The van der Waals surface area contributed by atoms with Gasteiger partial charge < -0.3 is 10.4 Å². The van der Waals surface area contributed by atoms with Crippen LogP contribution in [-0.4, -0.2) is 27.1 Å². The first-order valence-corrected chi connectivity index (χ1v) is 9.29. The van der Waals surface area contributed by atoms with Gasteiger partial charge in [0.2, 0.25) is 5.28 Å². The molecule has 2 unspecified atom stereocenters. The highest BCUT2D eigenvalue weighted by atomic mass is 35.5. The minimum Gasteiger partial charge on any atom is -0.481 e. The van der Waals surface area contributed by atoms with Gasteiger partial charge in [0, 0.05) is 17.7 Å². The predicted molar refractivity (Wildman–Crippen MR) is 96.4 cm³/mol. The topological polar surface area (TPSA) is 75.1 Å². The zero-order chi connectivity index (χ0) is 19.1. The summed E-state index contributed by atoms with van der Waals surface area (Å²) in [5.41, 5.74) is 0.699. The van der Waals surface area contributed by atoms with Gasteiger partial charge in [0.1, 0.15) is 5.82 Å². The molecule has 142 valence electrons. The van der Waals surface area contributed by atoms with E-state index in [0.717, 1.165) is 37.8 Å². The molecule has 0 spiro atoms. The number of nitrogens with one attached hydrogen (secondary N) is 1. The number of aromatic nitrogens is 2. The normalized spacial score (nSPS) is 26.8. The molecule has 5 nitrogen and oxygen atoms in total. The first-order chi connectivity index (χ1) is 12.9. The van der Waals surface area contributed by atoms with E-state index in [-0.39, 0.29) is 23.2 Å². The maximum absolute atomic E-state index is 13.5. The van der Waals surface area contributed by atoms with Gasteiger partial charge in [-0.3, -0.25) is 4.79 Å². The Bertz CT molecular complexity index is 887. The van der Waals surface area contributed by atoms with Gasteiger partial charge in [0.15, 0.2) is 11.6 Å². The van der Waals surface area contributed by atoms with Crippen molar-refractivity contribution in [2.24, 2.45) is 17.8 Å². The Morgan fingerprint density at radius 1 is 1.07 bits per heavy atom. The number of hydrogen-bond acceptors (Lipinski definition) is 4. The van der Waals surface area contributed by atoms with Crippen molar-refractivity contribution in [3.05, 3.63) is 41.2 Å². The van der Waals surface area contributed by atoms with E-state index in [2.05, 4.69) is 15.3 Å². The van der Waals surface area contributed by atoms with Crippen LogP contribution in [-0.2, 0) is 4.79 Å². The number of aliphatic carboxylic acids is 1. The van der Waals surface area contributed by atoms with Crippen LogP contribution in [0.4, 0.5) is 14.6 Å². The number of anilines is 1. The Labute approximate surface area is 159 Å². The molecule has 2 N–H and O–H groups in total. The van der Waals surface area contributed by atoms with E-state index in [1.807, 2.05) is 0 Å². The lowest BCUT2D eigenvalue weighted by molar-refractivity contribution is -0.148. The molecule has 3 fully saturated rings. The van der Waals surface area contributed by atoms with E-state index in [0.29, 0.717) is 17.1 Å². The van der Waals surface area contributed by atoms with Crippen LogP contribution in [0.25, 0.3) is 11.3 Å². The molecule has 0 saturated heterocycles. The van der Waals surface area contributed by atoms with Crippen LogP contribution in [0.3, 0.4) is 0 Å². The minimum atomic E-state index is -0.979. The number of rotatable bonds is 4. The summed E-state index contributed by atoms with van der Waals surface area (Å²) in [5.74, 6) is -2.39. The standard InChI is InChI=1S/C19H18ClF2N3O2/c20-19-23-14(11-5-6-12(21)13(22)7-11)8-15(25-19)24-17-10-3-1-9(2-4-10)16(17)18(26)27/h5-10,16-17H,1-4H2,(H,26,27)(H,23,24,25). The fourth-order valence-electron chi connectivity index (χ4n) is 4.48. The number of halogens is 3. The molecule has 3 aliphatic rings. The van der Waals surface area contributed by atoms with Crippen molar-refractivity contribution in [1.82, 2.24) is 9.97 Å². The molecule has 1 aromatic carbocycles. The number of fused-ring (bicyclic) bond motifs is 3. The summed E-state index contributed by atoms with van der Waals surface area (Å²) in [6.07, 6.45) is 3.84. The maximum Gasteiger partial charge on any atom is 0.308 e. The molecule has 0 aliphatic heterocycles. The van der Waals surface area contributed by atoms with Gasteiger partial charge in [-0.1, -0.05) is 0 Å². The molecule has 8 heteroatoms. The van der Waals surface area contributed by atoms with Crippen LogP contribution in [0, 0.1) is 29.4 Å². The van der Waals surface area contributed by atoms with Crippen LogP contribution in [0.1, 0.15) is 25.7 Å². The van der Waals surface area contributed by atoms with E-state index in [9.17, 15) is 18.7 Å². The molecular weight excluding hydrogens is 376 g/mol. The Balaban J connectivity index is 1.65. The highest BCUT2D eigenvalue weighted by Gasteiger charge is 2.47. The number of carbonyl (C=O) groups is 1. The second kappa shape index (κ2) is 7.03. The Hall–Kier alpha value is -2.28. The van der Waals surface area contributed by atoms with Crippen molar-refractivity contribution in [3.63, 3.8) is 0 Å². The third-order valence-corrected chi connectivity index (χ3v) is 5.90. The lowest BCUT2D eigenvalue weighted by Gasteiger charge is -2.47. The second-order valence-electron chi connectivity index (χ2n) is 7.25. The van der Waals surface area contributed by atoms with Crippen molar-refractivity contribution < 1.29 is 18.7 Å². The summed E-state index contributed by atoms with van der Waals surface area (Å²) < 4.78 is 26.7. The van der Waals surface area contributed by atoms with E-state index >= 15 is 0 Å². The van der Waals surface area contributed by atoms with Gasteiger partial charge in [0.05, 0.1) is 11.6 Å². The molecule has 0 amide bonds. The molecule has 0 radical (unpaired) electrons. The molecular formula is C19H18ClF2N3O2. The third kappa shape index (κ3) is 3.48. The maximum atomic E-state index is 13.5. The van der Waals surface area contributed by atoms with Crippen molar-refractivity contribution in [2.75, 3.05) is 5.32 Å². The van der Waals surface area contributed by atoms with Crippen LogP contribution < -0.4 is 5.32 Å². The second-order valence-corrected chi connectivity index (χ2v) is 7.58. The van der Waals surface area contributed by atoms with E-state index < -0.39 is 23.5 Å². The van der Waals surface area contributed by atoms with Crippen LogP contribution in [0.5, 0.6) is 0 Å².